The van der Waals surface area contributed by atoms with E-state index in [4.69, 9.17) is 10.5 Å². The third-order valence-corrected chi connectivity index (χ3v) is 3.94. The zero-order valence-electron chi connectivity index (χ0n) is 11.3. The average molecular weight is 228 g/mol. The van der Waals surface area contributed by atoms with Gasteiger partial charge in [-0.3, -0.25) is 0 Å². The van der Waals surface area contributed by atoms with Gasteiger partial charge in [0.2, 0.25) is 0 Å². The molecule has 1 aliphatic rings. The molecule has 96 valence electrons. The number of rotatable bonds is 7. The van der Waals surface area contributed by atoms with Crippen molar-refractivity contribution < 1.29 is 4.74 Å². The van der Waals surface area contributed by atoms with Crippen LogP contribution < -0.4 is 11.1 Å². The number of hydrogen-bond acceptors (Lipinski definition) is 3. The molecule has 0 aromatic rings. The van der Waals surface area contributed by atoms with Crippen LogP contribution in [0.1, 0.15) is 46.5 Å². The number of methoxy groups -OCH3 is 1. The summed E-state index contributed by atoms with van der Waals surface area (Å²) in [4.78, 5) is 0. The van der Waals surface area contributed by atoms with Crippen molar-refractivity contribution in [2.24, 2.45) is 11.1 Å². The van der Waals surface area contributed by atoms with Crippen molar-refractivity contribution >= 4 is 0 Å². The Kier molecular flexibility index (Phi) is 5.22. The van der Waals surface area contributed by atoms with Gasteiger partial charge in [0.25, 0.3) is 0 Å². The Morgan fingerprint density at radius 3 is 2.62 bits per heavy atom. The maximum Gasteiger partial charge on any atom is 0.0652 e. The minimum absolute atomic E-state index is 0.288. The predicted molar refractivity (Wildman–Crippen MR) is 68.5 cm³/mol. The van der Waals surface area contributed by atoms with E-state index in [2.05, 4.69) is 26.1 Å². The van der Waals surface area contributed by atoms with Crippen LogP contribution in [0.5, 0.6) is 0 Å². The number of ether oxygens (including phenoxy) is 1. The highest BCUT2D eigenvalue weighted by Gasteiger charge is 2.47. The van der Waals surface area contributed by atoms with Gasteiger partial charge in [-0.1, -0.05) is 20.3 Å². The molecule has 0 amide bonds. The second-order valence-electron chi connectivity index (χ2n) is 5.76. The SMILES string of the molecule is COC1CC(NCCCCC(C)N)C1(C)C. The molecule has 1 fully saturated rings. The predicted octanol–water partition coefficient (Wildman–Crippen LogP) is 1.91. The number of nitrogens with two attached hydrogens (primary N) is 1. The standard InChI is InChI=1S/C13H28N2O/c1-10(14)7-5-6-8-15-11-9-12(16-4)13(11,2)3/h10-12,15H,5-9,14H2,1-4H3. The molecule has 0 spiro atoms. The number of nitrogens with one attached hydrogen (secondary N) is 1. The Morgan fingerprint density at radius 2 is 2.12 bits per heavy atom. The molecule has 0 aromatic heterocycles. The van der Waals surface area contributed by atoms with E-state index in [1.54, 1.807) is 0 Å². The molecule has 1 aliphatic carbocycles. The maximum atomic E-state index is 5.71. The summed E-state index contributed by atoms with van der Waals surface area (Å²) in [7, 11) is 1.81. The van der Waals surface area contributed by atoms with Gasteiger partial charge in [0.1, 0.15) is 0 Å². The number of hydrogen-bond donors (Lipinski definition) is 2. The van der Waals surface area contributed by atoms with Crippen molar-refractivity contribution in [3.63, 3.8) is 0 Å². The fraction of sp³-hybridized carbons (Fsp3) is 1.00. The first-order valence-corrected chi connectivity index (χ1v) is 6.50. The smallest absolute Gasteiger partial charge is 0.0652 e. The van der Waals surface area contributed by atoms with Crippen LogP contribution in [-0.2, 0) is 4.74 Å². The second-order valence-corrected chi connectivity index (χ2v) is 5.76. The molecule has 3 N–H and O–H groups in total. The molecule has 0 heterocycles. The zero-order chi connectivity index (χ0) is 12.2. The van der Waals surface area contributed by atoms with E-state index in [0.29, 0.717) is 18.2 Å². The highest BCUT2D eigenvalue weighted by atomic mass is 16.5. The van der Waals surface area contributed by atoms with Crippen LogP contribution in [0.2, 0.25) is 0 Å². The van der Waals surface area contributed by atoms with Crippen LogP contribution >= 0.6 is 0 Å². The van der Waals surface area contributed by atoms with Gasteiger partial charge in [-0.05, 0) is 32.7 Å². The summed E-state index contributed by atoms with van der Waals surface area (Å²) in [6.07, 6.45) is 5.17. The van der Waals surface area contributed by atoms with Gasteiger partial charge >= 0.3 is 0 Å². The molecule has 1 saturated carbocycles. The zero-order valence-corrected chi connectivity index (χ0v) is 11.3. The maximum absolute atomic E-state index is 5.71. The summed E-state index contributed by atoms with van der Waals surface area (Å²) >= 11 is 0. The largest absolute Gasteiger partial charge is 0.381 e. The van der Waals surface area contributed by atoms with E-state index in [9.17, 15) is 0 Å². The summed E-state index contributed by atoms with van der Waals surface area (Å²) < 4.78 is 5.43. The Hall–Kier alpha value is -0.120. The molecule has 3 heteroatoms. The Morgan fingerprint density at radius 1 is 1.44 bits per heavy atom. The summed E-state index contributed by atoms with van der Waals surface area (Å²) in [6, 6.07) is 0.964. The van der Waals surface area contributed by atoms with Crippen LogP contribution in [0.15, 0.2) is 0 Å². The molecular weight excluding hydrogens is 200 g/mol. The number of unbranched alkanes of at least 4 members (excludes halogenated alkanes) is 1. The molecule has 3 nitrogen and oxygen atoms in total. The van der Waals surface area contributed by atoms with Gasteiger partial charge in [0.15, 0.2) is 0 Å². The Labute approximate surface area is 100 Å². The first-order valence-electron chi connectivity index (χ1n) is 6.50. The van der Waals surface area contributed by atoms with Crippen molar-refractivity contribution in [3.05, 3.63) is 0 Å². The van der Waals surface area contributed by atoms with Crippen LogP contribution in [0, 0.1) is 5.41 Å². The van der Waals surface area contributed by atoms with Gasteiger partial charge in [-0.2, -0.15) is 0 Å². The van der Waals surface area contributed by atoms with E-state index in [1.807, 2.05) is 7.11 Å². The van der Waals surface area contributed by atoms with Crippen molar-refractivity contribution in [2.45, 2.75) is 64.6 Å². The highest BCUT2D eigenvalue weighted by molar-refractivity contribution is 5.02. The van der Waals surface area contributed by atoms with Crippen molar-refractivity contribution in [1.29, 1.82) is 0 Å². The van der Waals surface area contributed by atoms with Gasteiger partial charge < -0.3 is 15.8 Å². The molecule has 0 bridgehead atoms. The van der Waals surface area contributed by atoms with Gasteiger partial charge in [-0.15, -0.1) is 0 Å². The quantitative estimate of drug-likeness (QED) is 0.654. The summed E-state index contributed by atoms with van der Waals surface area (Å²) in [5, 5.41) is 3.63. The Balaban J connectivity index is 2.07. The summed E-state index contributed by atoms with van der Waals surface area (Å²) in [5.41, 5.74) is 6.00. The van der Waals surface area contributed by atoms with E-state index >= 15 is 0 Å². The van der Waals surface area contributed by atoms with Gasteiger partial charge in [-0.25, -0.2) is 0 Å². The molecule has 0 radical (unpaired) electrons. The molecular formula is C13H28N2O. The lowest BCUT2D eigenvalue weighted by Gasteiger charge is -2.51. The lowest BCUT2D eigenvalue weighted by Crippen LogP contribution is -2.60. The molecule has 3 atom stereocenters. The van der Waals surface area contributed by atoms with Gasteiger partial charge in [0, 0.05) is 24.6 Å². The first kappa shape index (κ1) is 13.9. The van der Waals surface area contributed by atoms with E-state index in [1.165, 1.54) is 12.8 Å². The third kappa shape index (κ3) is 3.44. The fourth-order valence-electron chi connectivity index (χ4n) is 2.50. The third-order valence-electron chi connectivity index (χ3n) is 3.94. The average Bonchev–Trinajstić information content (AvgIpc) is 2.20. The lowest BCUT2D eigenvalue weighted by atomic mass is 9.64. The van der Waals surface area contributed by atoms with E-state index in [-0.39, 0.29) is 5.41 Å². The van der Waals surface area contributed by atoms with Gasteiger partial charge in [0.05, 0.1) is 6.10 Å². The topological polar surface area (TPSA) is 47.3 Å². The normalized spacial score (nSPS) is 29.8. The molecule has 3 unspecified atom stereocenters. The molecule has 0 saturated heterocycles. The highest BCUT2D eigenvalue weighted by Crippen LogP contribution is 2.42. The molecule has 1 rings (SSSR count). The monoisotopic (exact) mass is 228 g/mol. The van der Waals surface area contributed by atoms with Crippen LogP contribution in [0.4, 0.5) is 0 Å². The molecule has 0 aromatic carbocycles. The van der Waals surface area contributed by atoms with Crippen LogP contribution in [0.3, 0.4) is 0 Å². The minimum Gasteiger partial charge on any atom is -0.381 e. The minimum atomic E-state index is 0.288. The van der Waals surface area contributed by atoms with Crippen LogP contribution in [-0.4, -0.2) is 31.8 Å². The summed E-state index contributed by atoms with van der Waals surface area (Å²) in [6.45, 7) is 7.75. The van der Waals surface area contributed by atoms with Crippen molar-refractivity contribution in [3.8, 4) is 0 Å². The van der Waals surface area contributed by atoms with Crippen molar-refractivity contribution in [1.82, 2.24) is 5.32 Å². The van der Waals surface area contributed by atoms with E-state index < -0.39 is 0 Å². The Bertz CT molecular complexity index is 204. The fourth-order valence-corrected chi connectivity index (χ4v) is 2.50. The summed E-state index contributed by atoms with van der Waals surface area (Å²) in [5.74, 6) is 0. The second kappa shape index (κ2) is 5.99. The molecule has 0 aliphatic heterocycles. The first-order chi connectivity index (χ1) is 7.48. The van der Waals surface area contributed by atoms with E-state index in [0.717, 1.165) is 19.4 Å². The van der Waals surface area contributed by atoms with Crippen LogP contribution in [0.25, 0.3) is 0 Å². The lowest BCUT2D eigenvalue weighted by molar-refractivity contribution is -0.0972. The van der Waals surface area contributed by atoms with Crippen molar-refractivity contribution in [2.75, 3.05) is 13.7 Å². The molecule has 16 heavy (non-hydrogen) atoms.